The van der Waals surface area contributed by atoms with Crippen molar-refractivity contribution < 1.29 is 9.47 Å². The van der Waals surface area contributed by atoms with E-state index in [9.17, 15) is 0 Å². The lowest BCUT2D eigenvalue weighted by Gasteiger charge is -2.17. The fraction of sp³-hybridized carbons (Fsp3) is 0.533. The monoisotopic (exact) mass is 292 g/mol. The fourth-order valence-corrected chi connectivity index (χ4v) is 3.20. The highest BCUT2D eigenvalue weighted by Crippen LogP contribution is 2.33. The van der Waals surface area contributed by atoms with Gasteiger partial charge in [0.15, 0.2) is 4.77 Å². The molecule has 2 heterocycles. The van der Waals surface area contributed by atoms with Gasteiger partial charge in [-0.1, -0.05) is 6.07 Å². The Balaban J connectivity index is 2.14. The van der Waals surface area contributed by atoms with E-state index in [1.165, 1.54) is 0 Å². The summed E-state index contributed by atoms with van der Waals surface area (Å²) in [4.78, 5) is 3.30. The molecule has 1 aliphatic heterocycles. The predicted octanol–water partition coefficient (Wildman–Crippen LogP) is 3.84. The summed E-state index contributed by atoms with van der Waals surface area (Å²) < 4.78 is 14.5. The van der Waals surface area contributed by atoms with Crippen LogP contribution in [0.2, 0.25) is 0 Å². The van der Waals surface area contributed by atoms with Crippen LogP contribution in [-0.4, -0.2) is 28.4 Å². The van der Waals surface area contributed by atoms with Crippen LogP contribution in [0.3, 0.4) is 0 Å². The van der Waals surface area contributed by atoms with Crippen molar-refractivity contribution in [1.82, 2.24) is 9.55 Å². The zero-order valence-electron chi connectivity index (χ0n) is 12.1. The average molecular weight is 292 g/mol. The van der Waals surface area contributed by atoms with E-state index in [0.29, 0.717) is 6.04 Å². The molecule has 2 unspecified atom stereocenters. The lowest BCUT2D eigenvalue weighted by molar-refractivity contribution is 0.108. The van der Waals surface area contributed by atoms with Crippen LogP contribution >= 0.6 is 12.2 Å². The van der Waals surface area contributed by atoms with Crippen molar-refractivity contribution in [2.75, 3.05) is 6.61 Å². The van der Waals surface area contributed by atoms with E-state index in [1.54, 1.807) is 0 Å². The van der Waals surface area contributed by atoms with Gasteiger partial charge in [0.2, 0.25) is 0 Å². The van der Waals surface area contributed by atoms with Crippen LogP contribution in [0.5, 0.6) is 5.75 Å². The molecule has 0 radical (unpaired) electrons. The third-order valence-electron chi connectivity index (χ3n) is 3.75. The number of aromatic amines is 1. The molecule has 4 nitrogen and oxygen atoms in total. The summed E-state index contributed by atoms with van der Waals surface area (Å²) in [5, 5.41) is 0. The molecule has 108 valence electrons. The number of benzene rings is 1. The summed E-state index contributed by atoms with van der Waals surface area (Å²) >= 11 is 5.51. The van der Waals surface area contributed by atoms with E-state index in [-0.39, 0.29) is 12.2 Å². The first-order chi connectivity index (χ1) is 9.58. The number of fused-ring (bicyclic) bond motifs is 1. The summed E-state index contributed by atoms with van der Waals surface area (Å²) in [6.45, 7) is 6.95. The molecular weight excluding hydrogens is 272 g/mol. The minimum atomic E-state index is 0.139. The van der Waals surface area contributed by atoms with Crippen LogP contribution < -0.4 is 4.74 Å². The molecule has 1 aliphatic rings. The van der Waals surface area contributed by atoms with Crippen molar-refractivity contribution >= 4 is 23.3 Å². The molecule has 0 spiro atoms. The highest BCUT2D eigenvalue weighted by molar-refractivity contribution is 7.71. The van der Waals surface area contributed by atoms with Crippen molar-refractivity contribution in [2.45, 2.75) is 45.4 Å². The van der Waals surface area contributed by atoms with Crippen molar-refractivity contribution in [2.24, 2.45) is 0 Å². The number of nitrogens with zero attached hydrogens (tertiary/aromatic N) is 1. The van der Waals surface area contributed by atoms with E-state index < -0.39 is 0 Å². The number of hydrogen-bond donors (Lipinski definition) is 1. The van der Waals surface area contributed by atoms with Gasteiger partial charge in [0, 0.05) is 6.61 Å². The zero-order chi connectivity index (χ0) is 14.3. The number of imidazole rings is 1. The Bertz CT molecular complexity index is 674. The lowest BCUT2D eigenvalue weighted by atomic mass is 10.1. The van der Waals surface area contributed by atoms with Crippen molar-refractivity contribution in [3.05, 3.63) is 23.0 Å². The molecule has 1 fully saturated rings. The van der Waals surface area contributed by atoms with E-state index in [2.05, 4.69) is 22.5 Å². The molecule has 5 heteroatoms. The van der Waals surface area contributed by atoms with Gasteiger partial charge in [-0.25, -0.2) is 0 Å². The number of hydrogen-bond acceptors (Lipinski definition) is 3. The summed E-state index contributed by atoms with van der Waals surface area (Å²) in [5.74, 6) is 0.855. The molecular formula is C15H20N2O2S. The second kappa shape index (κ2) is 5.22. The molecule has 0 amide bonds. The minimum absolute atomic E-state index is 0.139. The first kappa shape index (κ1) is 13.6. The standard InChI is InChI=1S/C15H20N2O2S/c1-9(2)19-13-6-4-5-12-14(13)16-15(20)17(12)11-7-8-18-10(11)3/h4-6,9-11H,7-8H2,1-3H3,(H,16,20). The predicted molar refractivity (Wildman–Crippen MR) is 82.0 cm³/mol. The molecule has 1 saturated heterocycles. The molecule has 0 saturated carbocycles. The van der Waals surface area contributed by atoms with Gasteiger partial charge in [-0.15, -0.1) is 0 Å². The number of nitrogens with one attached hydrogen (secondary N) is 1. The van der Waals surface area contributed by atoms with E-state index in [4.69, 9.17) is 21.7 Å². The van der Waals surface area contributed by atoms with Gasteiger partial charge in [-0.05, 0) is 51.5 Å². The zero-order valence-corrected chi connectivity index (χ0v) is 12.9. The SMILES string of the molecule is CC(C)Oc1cccc2c1[nH]c(=S)n2C1CCOC1C. The van der Waals surface area contributed by atoms with E-state index in [1.807, 2.05) is 26.0 Å². The number of para-hydroxylation sites is 1. The van der Waals surface area contributed by atoms with Crippen molar-refractivity contribution in [1.29, 1.82) is 0 Å². The Hall–Kier alpha value is -1.33. The van der Waals surface area contributed by atoms with Gasteiger partial charge in [-0.3, -0.25) is 0 Å². The van der Waals surface area contributed by atoms with Crippen LogP contribution in [-0.2, 0) is 4.74 Å². The van der Waals surface area contributed by atoms with Gasteiger partial charge in [0.1, 0.15) is 11.3 Å². The first-order valence-corrected chi connectivity index (χ1v) is 7.50. The van der Waals surface area contributed by atoms with E-state index in [0.717, 1.165) is 34.6 Å². The highest BCUT2D eigenvalue weighted by Gasteiger charge is 2.28. The lowest BCUT2D eigenvalue weighted by Crippen LogP contribution is -2.16. The second-order valence-electron chi connectivity index (χ2n) is 5.55. The molecule has 1 aromatic heterocycles. The van der Waals surface area contributed by atoms with Crippen LogP contribution in [0.15, 0.2) is 18.2 Å². The number of ether oxygens (including phenoxy) is 2. The van der Waals surface area contributed by atoms with Crippen molar-refractivity contribution in [3.63, 3.8) is 0 Å². The maximum absolute atomic E-state index is 5.86. The highest BCUT2D eigenvalue weighted by atomic mass is 32.1. The van der Waals surface area contributed by atoms with Gasteiger partial charge >= 0.3 is 0 Å². The number of rotatable bonds is 3. The Labute approximate surface area is 123 Å². The molecule has 1 aromatic carbocycles. The van der Waals surface area contributed by atoms with Crippen LogP contribution in [0.25, 0.3) is 11.0 Å². The minimum Gasteiger partial charge on any atom is -0.489 e. The molecule has 0 bridgehead atoms. The van der Waals surface area contributed by atoms with Crippen LogP contribution in [0.1, 0.15) is 33.2 Å². The maximum atomic E-state index is 5.86. The maximum Gasteiger partial charge on any atom is 0.178 e. The van der Waals surface area contributed by atoms with Crippen LogP contribution in [0.4, 0.5) is 0 Å². The smallest absolute Gasteiger partial charge is 0.178 e. The molecule has 1 N–H and O–H groups in total. The molecule has 2 aromatic rings. The fourth-order valence-electron chi connectivity index (χ4n) is 2.86. The molecule has 2 atom stereocenters. The summed E-state index contributed by atoms with van der Waals surface area (Å²) in [5.41, 5.74) is 2.07. The third-order valence-corrected chi connectivity index (χ3v) is 4.04. The summed E-state index contributed by atoms with van der Waals surface area (Å²) in [6.07, 6.45) is 1.33. The first-order valence-electron chi connectivity index (χ1n) is 7.09. The average Bonchev–Trinajstić information content (AvgIpc) is 2.92. The van der Waals surface area contributed by atoms with Crippen molar-refractivity contribution in [3.8, 4) is 5.75 Å². The Morgan fingerprint density at radius 1 is 1.45 bits per heavy atom. The Morgan fingerprint density at radius 3 is 2.90 bits per heavy atom. The van der Waals surface area contributed by atoms with Gasteiger partial charge in [0.25, 0.3) is 0 Å². The number of H-pyrrole nitrogens is 1. The molecule has 0 aliphatic carbocycles. The van der Waals surface area contributed by atoms with Gasteiger partial charge in [0.05, 0.1) is 23.8 Å². The molecule has 20 heavy (non-hydrogen) atoms. The van der Waals surface area contributed by atoms with E-state index >= 15 is 0 Å². The van der Waals surface area contributed by atoms with Gasteiger partial charge < -0.3 is 19.0 Å². The summed E-state index contributed by atoms with van der Waals surface area (Å²) in [7, 11) is 0. The van der Waals surface area contributed by atoms with Gasteiger partial charge in [-0.2, -0.15) is 0 Å². The Morgan fingerprint density at radius 2 is 2.25 bits per heavy atom. The quantitative estimate of drug-likeness (QED) is 0.874. The largest absolute Gasteiger partial charge is 0.489 e. The van der Waals surface area contributed by atoms with Crippen LogP contribution in [0, 0.1) is 4.77 Å². The Kier molecular flexibility index (Phi) is 3.56. The third kappa shape index (κ3) is 2.25. The normalized spacial score (nSPS) is 22.8. The second-order valence-corrected chi connectivity index (χ2v) is 5.94. The molecule has 3 rings (SSSR count). The summed E-state index contributed by atoms with van der Waals surface area (Å²) in [6, 6.07) is 6.37. The number of aromatic nitrogens is 2. The topological polar surface area (TPSA) is 39.2 Å².